The van der Waals surface area contributed by atoms with E-state index in [4.69, 9.17) is 14.2 Å². The zero-order chi connectivity index (χ0) is 43.5. The lowest BCUT2D eigenvalue weighted by Gasteiger charge is -2.34. The van der Waals surface area contributed by atoms with Gasteiger partial charge in [-0.15, -0.1) is 0 Å². The van der Waals surface area contributed by atoms with Crippen LogP contribution in [-0.2, 0) is 28.6 Å². The van der Waals surface area contributed by atoms with Crippen LogP contribution in [0.1, 0.15) is 194 Å². The Bertz CT molecular complexity index is 1150. The third-order valence-electron chi connectivity index (χ3n) is 10.4. The van der Waals surface area contributed by atoms with Gasteiger partial charge in [0, 0.05) is 19.3 Å². The molecule has 8 nitrogen and oxygen atoms in total. The Morgan fingerprint density at radius 2 is 0.932 bits per heavy atom. The molecule has 0 fully saturated rings. The Morgan fingerprint density at radius 3 is 1.42 bits per heavy atom. The van der Waals surface area contributed by atoms with E-state index in [0.29, 0.717) is 12.8 Å². The molecule has 59 heavy (non-hydrogen) atoms. The third kappa shape index (κ3) is 40.2. The number of aliphatic carboxylic acids is 1. The van der Waals surface area contributed by atoms with Gasteiger partial charge >= 0.3 is 11.9 Å². The number of unbranched alkanes of at least 4 members (excludes halogenated alkanes) is 18. The summed E-state index contributed by atoms with van der Waals surface area (Å²) in [5.41, 5.74) is 0. The van der Waals surface area contributed by atoms with Crippen LogP contribution in [0.25, 0.3) is 0 Å². The number of likely N-dealkylation sites (N-methyl/N-ethyl adjacent to an activating group) is 1. The molecular weight excluding hydrogens is 739 g/mol. The van der Waals surface area contributed by atoms with Gasteiger partial charge in [-0.2, -0.15) is 0 Å². The van der Waals surface area contributed by atoms with Gasteiger partial charge in [-0.3, -0.25) is 9.59 Å². The molecule has 0 amide bonds. The van der Waals surface area contributed by atoms with E-state index in [9.17, 15) is 19.5 Å². The second-order valence-corrected chi connectivity index (χ2v) is 17.0. The molecule has 0 N–H and O–H groups in total. The minimum absolute atomic E-state index is 0.0197. The van der Waals surface area contributed by atoms with Crippen molar-refractivity contribution in [1.82, 2.24) is 0 Å². The van der Waals surface area contributed by atoms with E-state index in [1.165, 1.54) is 103 Å². The van der Waals surface area contributed by atoms with Crippen molar-refractivity contribution in [3.8, 4) is 0 Å². The molecule has 0 bridgehead atoms. The van der Waals surface area contributed by atoms with Gasteiger partial charge in [0.15, 0.2) is 6.10 Å². The number of carbonyl (C=O) groups excluding carboxylic acids is 3. The van der Waals surface area contributed by atoms with Crippen LogP contribution >= 0.6 is 0 Å². The highest BCUT2D eigenvalue weighted by molar-refractivity contribution is 5.70. The lowest BCUT2D eigenvalue weighted by Crippen LogP contribution is -2.55. The predicted molar refractivity (Wildman–Crippen MR) is 245 cm³/mol. The quantitative estimate of drug-likeness (QED) is 0.0261. The van der Waals surface area contributed by atoms with Crippen molar-refractivity contribution < 1.29 is 38.2 Å². The summed E-state index contributed by atoms with van der Waals surface area (Å²) in [6.07, 6.45) is 51.2. The fourth-order valence-corrected chi connectivity index (χ4v) is 6.66. The van der Waals surface area contributed by atoms with E-state index < -0.39 is 18.1 Å². The largest absolute Gasteiger partial charge is 0.544 e. The van der Waals surface area contributed by atoms with E-state index in [-0.39, 0.29) is 49.1 Å². The van der Waals surface area contributed by atoms with E-state index in [0.717, 1.165) is 51.4 Å². The average molecular weight is 828 g/mol. The van der Waals surface area contributed by atoms with E-state index in [1.807, 2.05) is 6.08 Å². The van der Waals surface area contributed by atoms with Crippen molar-refractivity contribution in [2.45, 2.75) is 206 Å². The zero-order valence-corrected chi connectivity index (χ0v) is 38.7. The molecule has 0 saturated heterocycles. The van der Waals surface area contributed by atoms with Crippen LogP contribution in [0.2, 0.25) is 0 Å². The van der Waals surface area contributed by atoms with Gasteiger partial charge in [0.25, 0.3) is 0 Å². The van der Waals surface area contributed by atoms with Gasteiger partial charge in [0.1, 0.15) is 12.6 Å². The Hall–Kier alpha value is -2.97. The van der Waals surface area contributed by atoms with Gasteiger partial charge < -0.3 is 28.6 Å². The van der Waals surface area contributed by atoms with Crippen molar-refractivity contribution in [3.05, 3.63) is 60.8 Å². The first kappa shape index (κ1) is 56.0. The number of ether oxygens (including phenoxy) is 3. The lowest BCUT2D eigenvalue weighted by molar-refractivity contribution is -0.889. The normalized spacial score (nSPS) is 13.4. The summed E-state index contributed by atoms with van der Waals surface area (Å²) < 4.78 is 17.1. The summed E-state index contributed by atoms with van der Waals surface area (Å²) >= 11 is 0. The summed E-state index contributed by atoms with van der Waals surface area (Å²) in [5.74, 6) is -1.83. The van der Waals surface area contributed by atoms with E-state index in [1.54, 1.807) is 21.1 Å². The zero-order valence-electron chi connectivity index (χ0n) is 38.7. The Labute approximate surface area is 362 Å². The molecule has 8 heteroatoms. The number of hydrogen-bond acceptors (Lipinski definition) is 7. The number of allylic oxidation sites excluding steroid dienone is 10. The maximum Gasteiger partial charge on any atom is 0.306 e. The third-order valence-corrected chi connectivity index (χ3v) is 10.4. The van der Waals surface area contributed by atoms with Crippen LogP contribution in [0.3, 0.4) is 0 Å². The molecular formula is C51H89NO7. The number of carboxylic acid groups (broad SMARTS) is 1. The first-order valence-corrected chi connectivity index (χ1v) is 23.8. The molecule has 340 valence electrons. The molecule has 0 aromatic rings. The maximum atomic E-state index is 12.7. The van der Waals surface area contributed by atoms with Crippen molar-refractivity contribution >= 4 is 17.9 Å². The van der Waals surface area contributed by atoms with Gasteiger partial charge in [0.2, 0.25) is 0 Å². The molecule has 0 aliphatic rings. The molecule has 0 aliphatic heterocycles. The molecule has 0 radical (unpaired) electrons. The molecule has 0 spiro atoms. The smallest absolute Gasteiger partial charge is 0.306 e. The monoisotopic (exact) mass is 828 g/mol. The minimum atomic E-state index is -1.13. The molecule has 0 aliphatic carbocycles. The highest BCUT2D eigenvalue weighted by atomic mass is 16.6. The maximum absolute atomic E-state index is 12.7. The number of quaternary nitrogens is 1. The van der Waals surface area contributed by atoms with Crippen molar-refractivity contribution in [2.75, 3.05) is 41.0 Å². The number of nitrogens with zero attached hydrogens (tertiary/aromatic N) is 1. The number of carbonyl (C=O) groups is 3. The molecule has 0 heterocycles. The van der Waals surface area contributed by atoms with Crippen LogP contribution in [0, 0.1) is 0 Å². The van der Waals surface area contributed by atoms with Crippen LogP contribution in [0.4, 0.5) is 0 Å². The number of rotatable bonds is 42. The topological polar surface area (TPSA) is 102 Å². The Balaban J connectivity index is 4.33. The molecule has 0 aromatic carbocycles. The predicted octanol–water partition coefficient (Wildman–Crippen LogP) is 12.0. The van der Waals surface area contributed by atoms with E-state index in [2.05, 4.69) is 68.5 Å². The number of hydrogen-bond donors (Lipinski definition) is 0. The van der Waals surface area contributed by atoms with Gasteiger partial charge in [0.05, 0.1) is 40.3 Å². The fourth-order valence-electron chi connectivity index (χ4n) is 6.66. The molecule has 0 rings (SSSR count). The first-order valence-electron chi connectivity index (χ1n) is 23.8. The first-order chi connectivity index (χ1) is 28.6. The highest BCUT2D eigenvalue weighted by Crippen LogP contribution is 2.14. The number of esters is 2. The molecule has 0 aromatic heterocycles. The minimum Gasteiger partial charge on any atom is -0.544 e. The van der Waals surface area contributed by atoms with Gasteiger partial charge in [-0.1, -0.05) is 164 Å². The summed E-state index contributed by atoms with van der Waals surface area (Å²) in [6.45, 7) is 4.56. The SMILES string of the molecule is CCCCC/C=C/C/C=C/C/C=C/CCCCCCCCCCCC(=O)OC(COCCC(C(=O)[O-])[N+](C)(C)C)COC(=O)CC/C=C/C/C=C/CCCCCCCC. The van der Waals surface area contributed by atoms with Crippen molar-refractivity contribution in [1.29, 1.82) is 0 Å². The van der Waals surface area contributed by atoms with E-state index >= 15 is 0 Å². The summed E-state index contributed by atoms with van der Waals surface area (Å²) in [5, 5.41) is 11.6. The molecule has 2 atom stereocenters. The summed E-state index contributed by atoms with van der Waals surface area (Å²) in [6, 6.07) is -0.736. The average Bonchev–Trinajstić information content (AvgIpc) is 3.19. The standard InChI is InChI=1S/C51H89NO7/c1-6-8-10-12-14-16-18-20-21-22-23-24-25-26-27-28-30-32-34-36-38-40-42-50(54)59-47(45-57-44-43-48(51(55)56)52(3,4)5)46-58-49(53)41-39-37-35-33-31-29-19-17-15-13-11-9-7-2/h14,16,20-21,23-24,29,31,35,37,47-48H,6-13,15,17-19,22,25-28,30,32-34,36,38-46H2,1-5H3/b16-14+,21-20+,24-23+,31-29+,37-35+. The van der Waals surface area contributed by atoms with Gasteiger partial charge in [-0.05, 0) is 70.6 Å². The summed E-state index contributed by atoms with van der Waals surface area (Å²) in [4.78, 5) is 36.9. The van der Waals surface area contributed by atoms with Crippen molar-refractivity contribution in [3.63, 3.8) is 0 Å². The van der Waals surface area contributed by atoms with Crippen LogP contribution in [0.15, 0.2) is 60.8 Å². The Morgan fingerprint density at radius 1 is 0.508 bits per heavy atom. The number of carboxylic acids is 1. The second kappa shape index (κ2) is 41.8. The molecule has 2 unspecified atom stereocenters. The van der Waals surface area contributed by atoms with Crippen molar-refractivity contribution in [2.24, 2.45) is 0 Å². The Kier molecular flexibility index (Phi) is 39.6. The van der Waals surface area contributed by atoms with Gasteiger partial charge in [-0.25, -0.2) is 0 Å². The summed E-state index contributed by atoms with van der Waals surface area (Å²) in [7, 11) is 5.39. The van der Waals surface area contributed by atoms with Crippen LogP contribution in [0.5, 0.6) is 0 Å². The second-order valence-electron chi connectivity index (χ2n) is 17.0. The van der Waals surface area contributed by atoms with Crippen LogP contribution < -0.4 is 5.11 Å². The highest BCUT2D eigenvalue weighted by Gasteiger charge is 2.25. The lowest BCUT2D eigenvalue weighted by atomic mass is 10.1. The van der Waals surface area contributed by atoms with Crippen LogP contribution in [-0.4, -0.2) is 75.5 Å². The fraction of sp³-hybridized carbons (Fsp3) is 0.745. The molecule has 0 saturated carbocycles.